The first kappa shape index (κ1) is 28.9. The van der Waals surface area contributed by atoms with Crippen molar-refractivity contribution in [3.63, 3.8) is 0 Å². The number of ether oxygens (including phenoxy) is 4. The van der Waals surface area contributed by atoms with Gasteiger partial charge in [-0.3, -0.25) is 4.79 Å². The number of benzene rings is 3. The second kappa shape index (κ2) is 12.7. The molecule has 0 aromatic heterocycles. The van der Waals surface area contributed by atoms with Gasteiger partial charge < -0.3 is 18.9 Å². The van der Waals surface area contributed by atoms with Crippen molar-refractivity contribution in [2.75, 3.05) is 13.2 Å². The fourth-order valence-corrected chi connectivity index (χ4v) is 3.66. The summed E-state index contributed by atoms with van der Waals surface area (Å²) in [5, 5.41) is 0. The summed E-state index contributed by atoms with van der Waals surface area (Å²) >= 11 is 0. The van der Waals surface area contributed by atoms with Gasteiger partial charge in [0.2, 0.25) is 0 Å². The monoisotopic (exact) mass is 530 g/mol. The van der Waals surface area contributed by atoms with Crippen LogP contribution in [-0.2, 0) is 21.6 Å². The van der Waals surface area contributed by atoms with Gasteiger partial charge in [-0.1, -0.05) is 63.2 Å². The van der Waals surface area contributed by atoms with E-state index in [2.05, 4.69) is 37.6 Å². The van der Waals surface area contributed by atoms with Crippen molar-refractivity contribution in [2.24, 2.45) is 0 Å². The van der Waals surface area contributed by atoms with Crippen molar-refractivity contribution in [1.82, 2.24) is 0 Å². The number of hydrogen-bond acceptors (Lipinski definition) is 5. The highest BCUT2D eigenvalue weighted by molar-refractivity contribution is 5.69. The first-order valence-electron chi connectivity index (χ1n) is 12.5. The highest BCUT2D eigenvalue weighted by Gasteiger charge is 2.31. The molecular formula is C30H33F3O5. The highest BCUT2D eigenvalue weighted by Crippen LogP contribution is 2.35. The predicted octanol–water partition coefficient (Wildman–Crippen LogP) is 7.85. The molecule has 0 atom stereocenters. The molecule has 0 amide bonds. The molecule has 0 fully saturated rings. The van der Waals surface area contributed by atoms with Crippen LogP contribution in [0.1, 0.15) is 51.7 Å². The Balaban J connectivity index is 1.75. The fraction of sp³-hybridized carbons (Fsp3) is 0.367. The zero-order chi connectivity index (χ0) is 27.8. The Hall–Kier alpha value is -3.68. The molecule has 3 aromatic rings. The molecule has 0 unspecified atom stereocenters. The largest absolute Gasteiger partial charge is 0.573 e. The number of carbonyl (C=O) groups excluding carboxylic acids is 1. The second-order valence-corrected chi connectivity index (χ2v) is 9.73. The minimum absolute atomic E-state index is 0.0524. The van der Waals surface area contributed by atoms with E-state index in [9.17, 15) is 18.0 Å². The van der Waals surface area contributed by atoms with Crippen molar-refractivity contribution in [2.45, 2.75) is 58.9 Å². The van der Waals surface area contributed by atoms with E-state index in [1.165, 1.54) is 29.8 Å². The van der Waals surface area contributed by atoms with Crippen molar-refractivity contribution in [3.8, 4) is 28.4 Å². The smallest absolute Gasteiger partial charge is 0.490 e. The van der Waals surface area contributed by atoms with Crippen LogP contribution in [0.2, 0.25) is 0 Å². The topological polar surface area (TPSA) is 54.0 Å². The Labute approximate surface area is 221 Å². The van der Waals surface area contributed by atoms with E-state index < -0.39 is 6.36 Å². The van der Waals surface area contributed by atoms with Crippen LogP contribution >= 0.6 is 0 Å². The summed E-state index contributed by atoms with van der Waals surface area (Å²) in [6.07, 6.45) is -4.07. The predicted molar refractivity (Wildman–Crippen MR) is 139 cm³/mol. The Bertz CT molecular complexity index is 1180. The fourth-order valence-electron chi connectivity index (χ4n) is 3.66. The van der Waals surface area contributed by atoms with Gasteiger partial charge >= 0.3 is 12.3 Å². The zero-order valence-corrected chi connectivity index (χ0v) is 22.1. The van der Waals surface area contributed by atoms with Gasteiger partial charge in [0.15, 0.2) is 11.5 Å². The van der Waals surface area contributed by atoms with Crippen LogP contribution in [0.25, 0.3) is 11.1 Å². The lowest BCUT2D eigenvalue weighted by Gasteiger charge is -2.19. The third-order valence-corrected chi connectivity index (χ3v) is 5.67. The molecule has 38 heavy (non-hydrogen) atoms. The third kappa shape index (κ3) is 9.01. The Morgan fingerprint density at radius 2 is 1.47 bits per heavy atom. The maximum absolute atomic E-state index is 12.5. The summed E-state index contributed by atoms with van der Waals surface area (Å²) < 4.78 is 58.4. The van der Waals surface area contributed by atoms with E-state index >= 15 is 0 Å². The van der Waals surface area contributed by atoms with E-state index in [4.69, 9.17) is 14.2 Å². The molecule has 204 valence electrons. The Kier molecular flexibility index (Phi) is 9.66. The van der Waals surface area contributed by atoms with Crippen molar-refractivity contribution >= 4 is 5.97 Å². The average molecular weight is 531 g/mol. The van der Waals surface area contributed by atoms with Crippen LogP contribution in [0, 0.1) is 0 Å². The Morgan fingerprint density at radius 1 is 0.816 bits per heavy atom. The summed E-state index contributed by atoms with van der Waals surface area (Å²) in [5.41, 5.74) is 3.68. The average Bonchev–Trinajstić information content (AvgIpc) is 2.85. The van der Waals surface area contributed by atoms with E-state index in [1.807, 2.05) is 18.2 Å². The number of halogens is 3. The molecule has 3 aromatic carbocycles. The van der Waals surface area contributed by atoms with E-state index in [0.717, 1.165) is 11.1 Å². The van der Waals surface area contributed by atoms with Gasteiger partial charge in [-0.2, -0.15) is 0 Å². The molecule has 0 aliphatic rings. The molecule has 0 saturated carbocycles. The lowest BCUT2D eigenvalue weighted by atomic mass is 9.87. The number of esters is 1. The number of rotatable bonds is 11. The van der Waals surface area contributed by atoms with Crippen molar-refractivity contribution < 1.29 is 36.9 Å². The molecule has 0 aliphatic heterocycles. The zero-order valence-electron chi connectivity index (χ0n) is 22.1. The van der Waals surface area contributed by atoms with Crippen LogP contribution < -0.4 is 14.2 Å². The van der Waals surface area contributed by atoms with Crippen LogP contribution in [0.15, 0.2) is 66.7 Å². The first-order chi connectivity index (χ1) is 17.9. The van der Waals surface area contributed by atoms with E-state index in [1.54, 1.807) is 19.1 Å². The maximum atomic E-state index is 12.5. The second-order valence-electron chi connectivity index (χ2n) is 9.73. The van der Waals surface area contributed by atoms with Gasteiger partial charge in [-0.05, 0) is 65.3 Å². The molecule has 3 rings (SSSR count). The highest BCUT2D eigenvalue weighted by atomic mass is 19.4. The minimum atomic E-state index is -4.75. The van der Waals surface area contributed by atoms with Gasteiger partial charge in [0.1, 0.15) is 12.4 Å². The molecule has 0 heterocycles. The summed E-state index contributed by atoms with van der Waals surface area (Å²) in [6, 6.07) is 19.2. The van der Waals surface area contributed by atoms with Gasteiger partial charge in [-0.25, -0.2) is 0 Å². The minimum Gasteiger partial charge on any atom is -0.490 e. The molecule has 0 N–H and O–H groups in total. The molecule has 0 aliphatic carbocycles. The summed E-state index contributed by atoms with van der Waals surface area (Å²) in [6.45, 7) is 9.13. The maximum Gasteiger partial charge on any atom is 0.573 e. The van der Waals surface area contributed by atoms with Crippen LogP contribution in [0.4, 0.5) is 13.2 Å². The number of hydrogen-bond donors (Lipinski definition) is 0. The molecule has 0 bridgehead atoms. The first-order valence-corrected chi connectivity index (χ1v) is 12.5. The van der Waals surface area contributed by atoms with Gasteiger partial charge in [-0.15, -0.1) is 13.2 Å². The molecule has 5 nitrogen and oxygen atoms in total. The van der Waals surface area contributed by atoms with Gasteiger partial charge in [0.25, 0.3) is 0 Å². The molecule has 0 radical (unpaired) electrons. The van der Waals surface area contributed by atoms with Gasteiger partial charge in [0.05, 0.1) is 13.2 Å². The van der Waals surface area contributed by atoms with E-state index in [0.29, 0.717) is 36.7 Å². The van der Waals surface area contributed by atoms with E-state index in [-0.39, 0.29) is 30.2 Å². The standard InChI is InChI=1S/C30H33F3O5/c1-5-35-28(34)7-6-18-36-27-19-23(22-10-15-25(16-11-22)38-30(31,32)33)12-17-26(27)37-20-21-8-13-24(14-9-21)29(2,3)4/h8-17,19H,5-7,18,20H2,1-4H3. The van der Waals surface area contributed by atoms with Gasteiger partial charge in [0, 0.05) is 6.42 Å². The van der Waals surface area contributed by atoms with Crippen LogP contribution in [0.3, 0.4) is 0 Å². The van der Waals surface area contributed by atoms with Crippen molar-refractivity contribution in [1.29, 1.82) is 0 Å². The molecule has 0 spiro atoms. The SMILES string of the molecule is CCOC(=O)CCCOc1cc(-c2ccc(OC(F)(F)F)cc2)ccc1OCc1ccc(C(C)(C)C)cc1. The molecular weight excluding hydrogens is 497 g/mol. The summed E-state index contributed by atoms with van der Waals surface area (Å²) in [5.74, 6) is 0.394. The normalized spacial score (nSPS) is 11.7. The lowest BCUT2D eigenvalue weighted by Crippen LogP contribution is -2.16. The lowest BCUT2D eigenvalue weighted by molar-refractivity contribution is -0.274. The summed E-state index contributed by atoms with van der Waals surface area (Å²) in [4.78, 5) is 11.6. The quantitative estimate of drug-likeness (QED) is 0.187. The third-order valence-electron chi connectivity index (χ3n) is 5.67. The number of alkyl halides is 3. The number of carbonyl (C=O) groups is 1. The Morgan fingerprint density at radius 3 is 2.08 bits per heavy atom. The summed E-state index contributed by atoms with van der Waals surface area (Å²) in [7, 11) is 0. The van der Waals surface area contributed by atoms with Crippen LogP contribution in [0.5, 0.6) is 17.2 Å². The molecule has 0 saturated heterocycles. The van der Waals surface area contributed by atoms with Crippen LogP contribution in [-0.4, -0.2) is 25.5 Å². The van der Waals surface area contributed by atoms with Crippen molar-refractivity contribution in [3.05, 3.63) is 77.9 Å². The molecule has 8 heteroatoms.